The summed E-state index contributed by atoms with van der Waals surface area (Å²) in [5, 5.41) is 13.8. The second kappa shape index (κ2) is 5.69. The van der Waals surface area contributed by atoms with Gasteiger partial charge in [-0.3, -0.25) is 4.68 Å². The van der Waals surface area contributed by atoms with Gasteiger partial charge in [0.1, 0.15) is 12.4 Å². The molecule has 4 nitrogen and oxygen atoms in total. The van der Waals surface area contributed by atoms with E-state index in [1.165, 1.54) is 0 Å². The lowest BCUT2D eigenvalue weighted by molar-refractivity contribution is 0.190. The third kappa shape index (κ3) is 3.11. The second-order valence-electron chi connectivity index (χ2n) is 4.33. The lowest BCUT2D eigenvalue weighted by atomic mass is 10.1. The van der Waals surface area contributed by atoms with Gasteiger partial charge in [-0.05, 0) is 32.0 Å². The molecule has 96 valence electrons. The van der Waals surface area contributed by atoms with Crippen LogP contribution in [0.5, 0.6) is 5.75 Å². The van der Waals surface area contributed by atoms with E-state index in [1.54, 1.807) is 13.1 Å². The predicted octanol–water partition coefficient (Wildman–Crippen LogP) is 2.32. The van der Waals surface area contributed by atoms with Crippen molar-refractivity contribution < 1.29 is 9.84 Å². The molecule has 1 atom stereocenters. The van der Waals surface area contributed by atoms with Gasteiger partial charge in [-0.2, -0.15) is 5.10 Å². The Morgan fingerprint density at radius 3 is 2.94 bits per heavy atom. The van der Waals surface area contributed by atoms with Gasteiger partial charge in [-0.1, -0.05) is 11.6 Å². The van der Waals surface area contributed by atoms with Gasteiger partial charge in [0, 0.05) is 18.0 Å². The highest BCUT2D eigenvalue weighted by atomic mass is 16.5. The van der Waals surface area contributed by atoms with Crippen molar-refractivity contribution in [2.75, 3.05) is 6.61 Å². The molecule has 0 amide bonds. The van der Waals surface area contributed by atoms with Crippen LogP contribution in [0, 0.1) is 6.92 Å². The molecule has 18 heavy (non-hydrogen) atoms. The first-order valence-corrected chi connectivity index (χ1v) is 6.05. The summed E-state index contributed by atoms with van der Waals surface area (Å²) in [5.41, 5.74) is 1.95. The van der Waals surface area contributed by atoms with E-state index >= 15 is 0 Å². The van der Waals surface area contributed by atoms with E-state index in [4.69, 9.17) is 4.74 Å². The lowest BCUT2D eigenvalue weighted by Crippen LogP contribution is -2.10. The van der Waals surface area contributed by atoms with Crippen molar-refractivity contribution in [2.24, 2.45) is 0 Å². The first-order chi connectivity index (χ1) is 8.66. The summed E-state index contributed by atoms with van der Waals surface area (Å²) < 4.78 is 7.52. The number of hydrogen-bond donors (Lipinski definition) is 1. The minimum atomic E-state index is -0.524. The Morgan fingerprint density at radius 1 is 1.44 bits per heavy atom. The van der Waals surface area contributed by atoms with Gasteiger partial charge < -0.3 is 9.84 Å². The SMILES string of the molecule is Cc1ccc(OCCn2cccn2)c([C@H](C)O)c1. The van der Waals surface area contributed by atoms with E-state index in [0.717, 1.165) is 16.9 Å². The number of aliphatic hydroxyl groups excluding tert-OH is 1. The van der Waals surface area contributed by atoms with E-state index in [2.05, 4.69) is 5.10 Å². The standard InChI is InChI=1S/C14H18N2O2/c1-11-4-5-14(13(10-11)12(2)17)18-9-8-16-7-3-6-15-16/h3-7,10,12,17H,8-9H2,1-2H3/t12-/m0/s1. The number of aryl methyl sites for hydroxylation is 1. The molecule has 0 bridgehead atoms. The van der Waals surface area contributed by atoms with Crippen LogP contribution in [0.4, 0.5) is 0 Å². The summed E-state index contributed by atoms with van der Waals surface area (Å²) in [5.74, 6) is 0.739. The number of nitrogens with zero attached hydrogens (tertiary/aromatic N) is 2. The van der Waals surface area contributed by atoms with Crippen molar-refractivity contribution >= 4 is 0 Å². The van der Waals surface area contributed by atoms with Gasteiger partial charge in [-0.15, -0.1) is 0 Å². The number of rotatable bonds is 5. The highest BCUT2D eigenvalue weighted by Crippen LogP contribution is 2.26. The Balaban J connectivity index is 2.00. The Hall–Kier alpha value is -1.81. The van der Waals surface area contributed by atoms with Crippen LogP contribution in [0.2, 0.25) is 0 Å². The molecule has 2 aromatic rings. The van der Waals surface area contributed by atoms with E-state index in [0.29, 0.717) is 13.2 Å². The molecular weight excluding hydrogens is 228 g/mol. The number of ether oxygens (including phenoxy) is 1. The maximum atomic E-state index is 9.71. The minimum absolute atomic E-state index is 0.524. The van der Waals surface area contributed by atoms with Crippen LogP contribution in [-0.2, 0) is 6.54 Å². The van der Waals surface area contributed by atoms with E-state index in [1.807, 2.05) is 42.1 Å². The molecule has 0 spiro atoms. The van der Waals surface area contributed by atoms with Crippen molar-refractivity contribution in [1.29, 1.82) is 0 Å². The highest BCUT2D eigenvalue weighted by molar-refractivity contribution is 5.38. The first kappa shape index (κ1) is 12.6. The van der Waals surface area contributed by atoms with Gasteiger partial charge in [0.15, 0.2) is 0 Å². The van der Waals surface area contributed by atoms with Gasteiger partial charge in [0.2, 0.25) is 0 Å². The molecule has 0 aliphatic rings. The van der Waals surface area contributed by atoms with E-state index in [-0.39, 0.29) is 0 Å². The molecule has 1 heterocycles. The topological polar surface area (TPSA) is 47.3 Å². The van der Waals surface area contributed by atoms with Gasteiger partial charge in [-0.25, -0.2) is 0 Å². The molecule has 0 saturated carbocycles. The monoisotopic (exact) mass is 246 g/mol. The molecule has 0 fully saturated rings. The second-order valence-corrected chi connectivity index (χ2v) is 4.33. The Morgan fingerprint density at radius 2 is 2.28 bits per heavy atom. The Labute approximate surface area is 107 Å². The molecule has 4 heteroatoms. The largest absolute Gasteiger partial charge is 0.491 e. The summed E-state index contributed by atoms with van der Waals surface area (Å²) in [7, 11) is 0. The quantitative estimate of drug-likeness (QED) is 0.880. The zero-order chi connectivity index (χ0) is 13.0. The van der Waals surface area contributed by atoms with Crippen LogP contribution in [0.1, 0.15) is 24.2 Å². The number of hydrogen-bond acceptors (Lipinski definition) is 3. The van der Waals surface area contributed by atoms with Crippen molar-refractivity contribution in [3.8, 4) is 5.75 Å². The van der Waals surface area contributed by atoms with Crippen LogP contribution < -0.4 is 4.74 Å². The number of benzene rings is 1. The van der Waals surface area contributed by atoms with Crippen LogP contribution >= 0.6 is 0 Å². The average molecular weight is 246 g/mol. The zero-order valence-corrected chi connectivity index (χ0v) is 10.7. The first-order valence-electron chi connectivity index (χ1n) is 6.05. The summed E-state index contributed by atoms with van der Waals surface area (Å²) in [6, 6.07) is 7.72. The molecule has 0 unspecified atom stereocenters. The van der Waals surface area contributed by atoms with Gasteiger partial charge in [0.25, 0.3) is 0 Å². The third-order valence-electron chi connectivity index (χ3n) is 2.75. The Bertz CT molecular complexity index is 493. The average Bonchev–Trinajstić information content (AvgIpc) is 2.84. The number of aliphatic hydroxyl groups is 1. The maximum absolute atomic E-state index is 9.71. The molecule has 1 N–H and O–H groups in total. The lowest BCUT2D eigenvalue weighted by Gasteiger charge is -2.14. The Kier molecular flexibility index (Phi) is 3.99. The molecule has 1 aromatic carbocycles. The van der Waals surface area contributed by atoms with Crippen molar-refractivity contribution in [3.05, 3.63) is 47.8 Å². The van der Waals surface area contributed by atoms with Crippen molar-refractivity contribution in [2.45, 2.75) is 26.5 Å². The molecule has 0 aliphatic heterocycles. The minimum Gasteiger partial charge on any atom is -0.491 e. The summed E-state index contributed by atoms with van der Waals surface area (Å²) in [6.45, 7) is 4.97. The fourth-order valence-corrected chi connectivity index (χ4v) is 1.81. The maximum Gasteiger partial charge on any atom is 0.125 e. The molecule has 1 aromatic heterocycles. The van der Waals surface area contributed by atoms with Crippen molar-refractivity contribution in [3.63, 3.8) is 0 Å². The molecule has 0 aliphatic carbocycles. The van der Waals surface area contributed by atoms with Gasteiger partial charge in [0.05, 0.1) is 12.6 Å². The molecule has 2 rings (SSSR count). The molecule has 0 saturated heterocycles. The van der Waals surface area contributed by atoms with Crippen LogP contribution in [-0.4, -0.2) is 21.5 Å². The van der Waals surface area contributed by atoms with Crippen LogP contribution in [0.15, 0.2) is 36.7 Å². The smallest absolute Gasteiger partial charge is 0.125 e. The predicted molar refractivity (Wildman–Crippen MR) is 69.5 cm³/mol. The van der Waals surface area contributed by atoms with Crippen LogP contribution in [0.25, 0.3) is 0 Å². The van der Waals surface area contributed by atoms with Crippen molar-refractivity contribution in [1.82, 2.24) is 9.78 Å². The number of aromatic nitrogens is 2. The fraction of sp³-hybridized carbons (Fsp3) is 0.357. The molecule has 0 radical (unpaired) electrons. The van der Waals surface area contributed by atoms with Crippen LogP contribution in [0.3, 0.4) is 0 Å². The normalized spacial score (nSPS) is 12.4. The summed E-state index contributed by atoms with van der Waals surface area (Å²) in [4.78, 5) is 0. The summed E-state index contributed by atoms with van der Waals surface area (Å²) >= 11 is 0. The fourth-order valence-electron chi connectivity index (χ4n) is 1.81. The highest BCUT2D eigenvalue weighted by Gasteiger charge is 2.09. The zero-order valence-electron chi connectivity index (χ0n) is 10.7. The van der Waals surface area contributed by atoms with E-state index < -0.39 is 6.10 Å². The van der Waals surface area contributed by atoms with Gasteiger partial charge >= 0.3 is 0 Å². The summed E-state index contributed by atoms with van der Waals surface area (Å²) in [6.07, 6.45) is 3.12. The van der Waals surface area contributed by atoms with E-state index in [9.17, 15) is 5.11 Å². The molecular formula is C14H18N2O2. The third-order valence-corrected chi connectivity index (χ3v) is 2.75.